The van der Waals surface area contributed by atoms with Crippen LogP contribution >= 0.6 is 15.9 Å². The lowest BCUT2D eigenvalue weighted by molar-refractivity contribution is -0.141. The SMILES string of the molecule is COc1cnn2c(=O)c(Br)c(C(F)(F)F)nc2c1. The maximum Gasteiger partial charge on any atom is 0.434 e. The molecule has 0 aliphatic rings. The van der Waals surface area contributed by atoms with Crippen LogP contribution in [0.4, 0.5) is 13.2 Å². The van der Waals surface area contributed by atoms with Gasteiger partial charge in [0.05, 0.1) is 13.3 Å². The first kappa shape index (κ1) is 12.8. The van der Waals surface area contributed by atoms with Crippen LogP contribution in [-0.4, -0.2) is 21.7 Å². The highest BCUT2D eigenvalue weighted by Gasteiger charge is 2.37. The Morgan fingerprint density at radius 2 is 2.11 bits per heavy atom. The van der Waals surface area contributed by atoms with Crippen LogP contribution in [0.25, 0.3) is 5.65 Å². The first-order valence-corrected chi connectivity index (χ1v) is 5.33. The molecule has 0 saturated carbocycles. The Morgan fingerprint density at radius 3 is 2.67 bits per heavy atom. The van der Waals surface area contributed by atoms with Gasteiger partial charge in [-0.3, -0.25) is 4.79 Å². The van der Waals surface area contributed by atoms with Crippen molar-refractivity contribution in [1.82, 2.24) is 14.6 Å². The third-order valence-corrected chi connectivity index (χ3v) is 2.82. The van der Waals surface area contributed by atoms with Crippen LogP contribution in [0, 0.1) is 0 Å². The van der Waals surface area contributed by atoms with Gasteiger partial charge in [0.15, 0.2) is 11.3 Å². The minimum absolute atomic E-state index is 0.206. The van der Waals surface area contributed by atoms with Crippen molar-refractivity contribution in [1.29, 1.82) is 0 Å². The maximum atomic E-state index is 12.6. The van der Waals surface area contributed by atoms with Gasteiger partial charge in [0.25, 0.3) is 5.56 Å². The van der Waals surface area contributed by atoms with Gasteiger partial charge in [0.1, 0.15) is 10.2 Å². The molecule has 0 radical (unpaired) electrons. The number of hydrogen-bond acceptors (Lipinski definition) is 4. The van der Waals surface area contributed by atoms with Gasteiger partial charge in [0, 0.05) is 6.07 Å². The highest BCUT2D eigenvalue weighted by molar-refractivity contribution is 9.10. The zero-order valence-corrected chi connectivity index (χ0v) is 10.4. The smallest absolute Gasteiger partial charge is 0.434 e. The Bertz CT molecular complexity index is 668. The Hall–Kier alpha value is -1.64. The molecule has 0 atom stereocenters. The second-order valence-electron chi connectivity index (χ2n) is 3.24. The van der Waals surface area contributed by atoms with Crippen LogP contribution in [0.1, 0.15) is 5.69 Å². The molecule has 9 heteroatoms. The molecule has 0 amide bonds. The fourth-order valence-electron chi connectivity index (χ4n) is 1.29. The second kappa shape index (κ2) is 4.23. The number of rotatable bonds is 1. The highest BCUT2D eigenvalue weighted by atomic mass is 79.9. The van der Waals surface area contributed by atoms with Crippen molar-refractivity contribution in [2.45, 2.75) is 6.18 Å². The summed E-state index contributed by atoms with van der Waals surface area (Å²) >= 11 is 2.59. The largest absolute Gasteiger partial charge is 0.495 e. The lowest BCUT2D eigenvalue weighted by Gasteiger charge is -2.09. The van der Waals surface area contributed by atoms with E-state index in [-0.39, 0.29) is 11.4 Å². The van der Waals surface area contributed by atoms with Crippen molar-refractivity contribution >= 4 is 21.6 Å². The minimum Gasteiger partial charge on any atom is -0.495 e. The van der Waals surface area contributed by atoms with Gasteiger partial charge in [-0.15, -0.1) is 0 Å². The fraction of sp³-hybridized carbons (Fsp3) is 0.222. The quantitative estimate of drug-likeness (QED) is 0.804. The topological polar surface area (TPSA) is 56.5 Å². The lowest BCUT2D eigenvalue weighted by atomic mass is 10.4. The maximum absolute atomic E-state index is 12.6. The number of ether oxygens (including phenoxy) is 1. The number of aromatic nitrogens is 3. The van der Waals surface area contributed by atoms with Crippen LogP contribution < -0.4 is 10.3 Å². The zero-order chi connectivity index (χ0) is 13.5. The van der Waals surface area contributed by atoms with Crippen molar-refractivity contribution < 1.29 is 17.9 Å². The Balaban J connectivity index is 2.84. The molecule has 18 heavy (non-hydrogen) atoms. The number of methoxy groups -OCH3 is 1. The summed E-state index contributed by atoms with van der Waals surface area (Å²) in [5, 5.41) is 3.65. The van der Waals surface area contributed by atoms with E-state index in [2.05, 4.69) is 26.0 Å². The standard InChI is InChI=1S/C9H5BrF3N3O2/c1-18-4-2-5-15-7(9(11,12)13)6(10)8(17)16(5)14-3-4/h2-3H,1H3. The molecule has 5 nitrogen and oxygen atoms in total. The van der Waals surface area contributed by atoms with Crippen molar-refractivity contribution in [2.24, 2.45) is 0 Å². The third-order valence-electron chi connectivity index (χ3n) is 2.11. The van der Waals surface area contributed by atoms with Crippen LogP contribution in [0.5, 0.6) is 5.75 Å². The lowest BCUT2D eigenvalue weighted by Crippen LogP contribution is -2.24. The van der Waals surface area contributed by atoms with E-state index in [9.17, 15) is 18.0 Å². The number of alkyl halides is 3. The normalized spacial score (nSPS) is 11.8. The van der Waals surface area contributed by atoms with Gasteiger partial charge in [0.2, 0.25) is 0 Å². The van der Waals surface area contributed by atoms with Crippen molar-refractivity contribution in [3.8, 4) is 5.75 Å². The van der Waals surface area contributed by atoms with Crippen molar-refractivity contribution in [3.05, 3.63) is 32.8 Å². The molecule has 0 saturated heterocycles. The first-order chi connectivity index (χ1) is 8.34. The number of halogens is 4. The first-order valence-electron chi connectivity index (χ1n) is 4.54. The van der Waals surface area contributed by atoms with E-state index in [4.69, 9.17) is 4.74 Å². The molecule has 2 rings (SSSR count). The summed E-state index contributed by atoms with van der Waals surface area (Å²) in [7, 11) is 1.33. The fourth-order valence-corrected chi connectivity index (χ4v) is 1.77. The number of hydrogen-bond donors (Lipinski definition) is 0. The molecule has 0 aliphatic carbocycles. The van der Waals surface area contributed by atoms with E-state index in [0.717, 1.165) is 4.52 Å². The van der Waals surface area contributed by atoms with Gasteiger partial charge in [-0.2, -0.15) is 22.8 Å². The molecule has 0 fully saturated rings. The highest BCUT2D eigenvalue weighted by Crippen LogP contribution is 2.31. The summed E-state index contributed by atoms with van der Waals surface area (Å²) in [6, 6.07) is 1.19. The van der Waals surface area contributed by atoms with Gasteiger partial charge < -0.3 is 4.74 Å². The summed E-state index contributed by atoms with van der Waals surface area (Å²) in [5.74, 6) is 0.206. The summed E-state index contributed by atoms with van der Waals surface area (Å²) in [5.41, 5.74) is -2.47. The van der Waals surface area contributed by atoms with E-state index in [1.165, 1.54) is 19.4 Å². The summed E-state index contributed by atoms with van der Waals surface area (Å²) in [4.78, 5) is 15.0. The van der Waals surface area contributed by atoms with Crippen molar-refractivity contribution in [3.63, 3.8) is 0 Å². The van der Waals surface area contributed by atoms with Crippen LogP contribution in [0.3, 0.4) is 0 Å². The molecule has 2 aromatic heterocycles. The van der Waals surface area contributed by atoms with Gasteiger partial charge in [-0.1, -0.05) is 0 Å². The van der Waals surface area contributed by atoms with Gasteiger partial charge in [-0.05, 0) is 15.9 Å². The molecule has 2 aromatic rings. The molecular formula is C9H5BrF3N3O2. The average Bonchev–Trinajstić information content (AvgIpc) is 2.31. The molecule has 0 unspecified atom stereocenters. The molecule has 0 aliphatic heterocycles. The summed E-state index contributed by atoms with van der Waals surface area (Å²) < 4.78 is 42.8. The predicted octanol–water partition coefficient (Wildman–Crippen LogP) is 1.88. The summed E-state index contributed by atoms with van der Waals surface area (Å²) in [6.07, 6.45) is -3.52. The summed E-state index contributed by atoms with van der Waals surface area (Å²) in [6.45, 7) is 0. The zero-order valence-electron chi connectivity index (χ0n) is 8.82. The van der Waals surface area contributed by atoms with E-state index in [1.807, 2.05) is 0 Å². The molecular weight excluding hydrogens is 319 g/mol. The second-order valence-corrected chi connectivity index (χ2v) is 4.04. The molecule has 2 heterocycles. The Kier molecular flexibility index (Phi) is 3.01. The van der Waals surface area contributed by atoms with E-state index >= 15 is 0 Å². The van der Waals surface area contributed by atoms with Gasteiger partial charge >= 0.3 is 6.18 Å². The average molecular weight is 324 g/mol. The molecule has 96 valence electrons. The van der Waals surface area contributed by atoms with E-state index < -0.39 is 21.9 Å². The Morgan fingerprint density at radius 1 is 1.44 bits per heavy atom. The third kappa shape index (κ3) is 2.05. The number of nitrogens with zero attached hydrogens (tertiary/aromatic N) is 3. The number of fused-ring (bicyclic) bond motifs is 1. The monoisotopic (exact) mass is 323 g/mol. The molecule has 0 bridgehead atoms. The van der Waals surface area contributed by atoms with Crippen LogP contribution in [0.2, 0.25) is 0 Å². The van der Waals surface area contributed by atoms with Gasteiger partial charge in [-0.25, -0.2) is 4.98 Å². The van der Waals surface area contributed by atoms with Crippen LogP contribution in [-0.2, 0) is 6.18 Å². The van der Waals surface area contributed by atoms with E-state index in [1.54, 1.807) is 0 Å². The van der Waals surface area contributed by atoms with Crippen molar-refractivity contribution in [2.75, 3.05) is 7.11 Å². The molecule has 0 aromatic carbocycles. The minimum atomic E-state index is -4.73. The van der Waals surface area contributed by atoms with Crippen LogP contribution in [0.15, 0.2) is 21.5 Å². The molecule has 0 spiro atoms. The predicted molar refractivity (Wildman–Crippen MR) is 58.5 cm³/mol. The Labute approximate surface area is 106 Å². The van der Waals surface area contributed by atoms with E-state index in [0.29, 0.717) is 0 Å². The molecule has 0 N–H and O–H groups in total.